The van der Waals surface area contributed by atoms with Gasteiger partial charge in [-0.25, -0.2) is 0 Å². The van der Waals surface area contributed by atoms with Crippen LogP contribution in [0.15, 0.2) is 0 Å². The predicted octanol–water partition coefficient (Wildman–Crippen LogP) is -0.518. The molecule has 1 unspecified atom stereocenters. The van der Waals surface area contributed by atoms with Crippen molar-refractivity contribution in [3.63, 3.8) is 0 Å². The number of nitrogens with zero attached hydrogens (tertiary/aromatic N) is 3. The van der Waals surface area contributed by atoms with E-state index in [9.17, 15) is 4.79 Å². The molecule has 2 rings (SSSR count). The Labute approximate surface area is 116 Å². The molecule has 0 bridgehead atoms. The fourth-order valence-corrected chi connectivity index (χ4v) is 2.92. The first-order chi connectivity index (χ1) is 8.99. The Morgan fingerprint density at radius 3 is 2.95 bits per heavy atom. The van der Waals surface area contributed by atoms with E-state index in [4.69, 9.17) is 11.5 Å². The number of rotatable bonds is 4. The van der Waals surface area contributed by atoms with Crippen molar-refractivity contribution < 1.29 is 4.79 Å². The van der Waals surface area contributed by atoms with Crippen molar-refractivity contribution in [3.05, 3.63) is 5.56 Å². The third-order valence-corrected chi connectivity index (χ3v) is 4.26. The number of nitrogen functional groups attached to an aromatic ring is 1. The molecule has 0 saturated carbocycles. The van der Waals surface area contributed by atoms with Crippen molar-refractivity contribution in [3.8, 4) is 0 Å². The molecule has 1 amide bonds. The van der Waals surface area contributed by atoms with Gasteiger partial charge in [-0.15, -0.1) is 0 Å². The first kappa shape index (κ1) is 14.0. The van der Waals surface area contributed by atoms with Crippen LogP contribution in [0.25, 0.3) is 0 Å². The van der Waals surface area contributed by atoms with E-state index < -0.39 is 5.91 Å². The Kier molecular flexibility index (Phi) is 4.23. The highest BCUT2D eigenvalue weighted by Gasteiger charge is 2.23. The number of likely N-dealkylation sites (N-methyl/N-ethyl adjacent to an activating group) is 2. The maximum absolute atomic E-state index is 11.3. The number of carbonyl (C=O) groups is 1. The van der Waals surface area contributed by atoms with Crippen molar-refractivity contribution in [1.82, 2.24) is 14.2 Å². The largest absolute Gasteiger partial charge is 0.382 e. The number of amides is 1. The molecule has 7 nitrogen and oxygen atoms in total. The lowest BCUT2D eigenvalue weighted by Gasteiger charge is -2.37. The number of primary amides is 1. The molecule has 5 N–H and O–H groups in total. The quantitative estimate of drug-likeness (QED) is 0.688. The zero-order chi connectivity index (χ0) is 14.0. The molecule has 1 fully saturated rings. The van der Waals surface area contributed by atoms with E-state index in [1.54, 1.807) is 0 Å². The summed E-state index contributed by atoms with van der Waals surface area (Å²) in [7, 11) is 4.22. The number of piperazine rings is 1. The van der Waals surface area contributed by atoms with E-state index in [0.29, 0.717) is 16.6 Å². The summed E-state index contributed by atoms with van der Waals surface area (Å²) in [5, 5.41) is 3.90. The minimum Gasteiger partial charge on any atom is -0.382 e. The number of anilines is 2. The number of carbonyl (C=O) groups excluding carboxylic acids is 1. The second kappa shape index (κ2) is 5.72. The summed E-state index contributed by atoms with van der Waals surface area (Å²) in [5.41, 5.74) is 11.2. The second-order valence-corrected chi connectivity index (χ2v) is 5.69. The van der Waals surface area contributed by atoms with Crippen LogP contribution >= 0.6 is 11.5 Å². The van der Waals surface area contributed by atoms with E-state index in [1.165, 1.54) is 11.5 Å². The Bertz CT molecular complexity index is 462. The van der Waals surface area contributed by atoms with Crippen LogP contribution < -0.4 is 16.8 Å². The molecule has 0 spiro atoms. The van der Waals surface area contributed by atoms with E-state index in [1.807, 2.05) is 0 Å². The van der Waals surface area contributed by atoms with Crippen molar-refractivity contribution in [1.29, 1.82) is 0 Å². The Morgan fingerprint density at radius 2 is 2.26 bits per heavy atom. The van der Waals surface area contributed by atoms with Gasteiger partial charge in [0.25, 0.3) is 5.91 Å². The average Bonchev–Trinajstić information content (AvgIpc) is 2.72. The Morgan fingerprint density at radius 1 is 1.53 bits per heavy atom. The first-order valence-electron chi connectivity index (χ1n) is 6.16. The van der Waals surface area contributed by atoms with Gasteiger partial charge in [0.05, 0.1) is 0 Å². The maximum atomic E-state index is 11.3. The maximum Gasteiger partial charge on any atom is 0.255 e. The number of hydrogen-bond acceptors (Lipinski definition) is 7. The first-order valence-corrected chi connectivity index (χ1v) is 6.94. The SMILES string of the molecule is CN1CCN(C)C(CNc2snc(N)c2C(N)=O)C1. The molecule has 8 heteroatoms. The lowest BCUT2D eigenvalue weighted by atomic mass is 10.2. The summed E-state index contributed by atoms with van der Waals surface area (Å²) in [6.45, 7) is 3.84. The van der Waals surface area contributed by atoms with Crippen LogP contribution in [0, 0.1) is 0 Å². The Balaban J connectivity index is 2.00. The van der Waals surface area contributed by atoms with Gasteiger partial charge in [-0.05, 0) is 25.6 Å². The molecular formula is C11H20N6OS. The predicted molar refractivity (Wildman–Crippen MR) is 77.4 cm³/mol. The number of aromatic nitrogens is 1. The zero-order valence-corrected chi connectivity index (χ0v) is 12.0. The molecule has 0 aliphatic carbocycles. The third-order valence-electron chi connectivity index (χ3n) is 3.44. The summed E-state index contributed by atoms with van der Waals surface area (Å²) in [6, 6.07) is 0.391. The highest BCUT2D eigenvalue weighted by molar-refractivity contribution is 7.11. The molecule has 0 aromatic carbocycles. The molecule has 2 heterocycles. The van der Waals surface area contributed by atoms with Crippen molar-refractivity contribution >= 4 is 28.3 Å². The highest BCUT2D eigenvalue weighted by atomic mass is 32.1. The lowest BCUT2D eigenvalue weighted by molar-refractivity contribution is 0.100. The second-order valence-electron chi connectivity index (χ2n) is 4.91. The van der Waals surface area contributed by atoms with Gasteiger partial charge in [-0.1, -0.05) is 0 Å². The zero-order valence-electron chi connectivity index (χ0n) is 11.2. The average molecular weight is 284 g/mol. The van der Waals surface area contributed by atoms with Crippen LogP contribution in [0.5, 0.6) is 0 Å². The highest BCUT2D eigenvalue weighted by Crippen LogP contribution is 2.26. The number of nitrogens with one attached hydrogen (secondary N) is 1. The summed E-state index contributed by atoms with van der Waals surface area (Å²) < 4.78 is 3.97. The smallest absolute Gasteiger partial charge is 0.255 e. The topological polar surface area (TPSA) is 101 Å². The fraction of sp³-hybridized carbons (Fsp3) is 0.636. The van der Waals surface area contributed by atoms with Gasteiger partial charge in [0.2, 0.25) is 0 Å². The molecule has 1 aromatic heterocycles. The summed E-state index contributed by atoms with van der Waals surface area (Å²) in [5.74, 6) is -0.336. The van der Waals surface area contributed by atoms with Gasteiger partial charge < -0.3 is 21.7 Å². The molecule has 1 aliphatic heterocycles. The lowest BCUT2D eigenvalue weighted by Crippen LogP contribution is -2.52. The summed E-state index contributed by atoms with van der Waals surface area (Å²) in [6.07, 6.45) is 0. The normalized spacial score (nSPS) is 21.5. The molecule has 1 aromatic rings. The number of nitrogens with two attached hydrogens (primary N) is 2. The van der Waals surface area contributed by atoms with E-state index in [2.05, 4.69) is 33.6 Å². The third kappa shape index (κ3) is 3.14. The van der Waals surface area contributed by atoms with Gasteiger partial charge in [-0.3, -0.25) is 9.69 Å². The molecule has 19 heavy (non-hydrogen) atoms. The summed E-state index contributed by atoms with van der Waals surface area (Å²) in [4.78, 5) is 15.9. The monoisotopic (exact) mass is 284 g/mol. The van der Waals surface area contributed by atoms with Crippen molar-refractivity contribution in [2.75, 3.05) is 51.3 Å². The van der Waals surface area contributed by atoms with Crippen LogP contribution in [0.3, 0.4) is 0 Å². The van der Waals surface area contributed by atoms with Gasteiger partial charge >= 0.3 is 0 Å². The van der Waals surface area contributed by atoms with E-state index in [0.717, 1.165) is 26.2 Å². The van der Waals surface area contributed by atoms with Crippen molar-refractivity contribution in [2.24, 2.45) is 5.73 Å². The van der Waals surface area contributed by atoms with Crippen LogP contribution in [0.2, 0.25) is 0 Å². The minimum absolute atomic E-state index is 0.203. The molecule has 1 aliphatic rings. The van der Waals surface area contributed by atoms with Crippen LogP contribution in [0.1, 0.15) is 10.4 Å². The van der Waals surface area contributed by atoms with Gasteiger partial charge in [-0.2, -0.15) is 4.37 Å². The van der Waals surface area contributed by atoms with Gasteiger partial charge in [0, 0.05) is 32.2 Å². The van der Waals surface area contributed by atoms with Crippen LogP contribution in [0.4, 0.5) is 10.8 Å². The van der Waals surface area contributed by atoms with Crippen molar-refractivity contribution in [2.45, 2.75) is 6.04 Å². The molecule has 1 saturated heterocycles. The Hall–Kier alpha value is -1.38. The molecule has 0 radical (unpaired) electrons. The fourth-order valence-electron chi connectivity index (χ4n) is 2.19. The van der Waals surface area contributed by atoms with Gasteiger partial charge in [0.15, 0.2) is 5.82 Å². The molecular weight excluding hydrogens is 264 g/mol. The van der Waals surface area contributed by atoms with Gasteiger partial charge in [0.1, 0.15) is 10.6 Å². The standard InChI is InChI=1S/C11H20N6OS/c1-16-3-4-17(2)7(6-16)5-14-11-8(10(13)18)9(12)15-19-11/h7,14H,3-6H2,1-2H3,(H2,12,15)(H2,13,18). The van der Waals surface area contributed by atoms with Crippen LogP contribution in [-0.2, 0) is 0 Å². The molecule has 1 atom stereocenters. The molecule has 106 valence electrons. The van der Waals surface area contributed by atoms with Crippen LogP contribution in [-0.4, -0.2) is 66.4 Å². The van der Waals surface area contributed by atoms with E-state index >= 15 is 0 Å². The minimum atomic E-state index is -0.539. The summed E-state index contributed by atoms with van der Waals surface area (Å²) >= 11 is 1.18. The van der Waals surface area contributed by atoms with E-state index in [-0.39, 0.29) is 5.82 Å². The number of hydrogen-bond donors (Lipinski definition) is 3.